The molecule has 1 heterocycles. The highest BCUT2D eigenvalue weighted by Crippen LogP contribution is 2.32. The highest BCUT2D eigenvalue weighted by molar-refractivity contribution is 7.91. The minimum absolute atomic E-state index is 0.148. The molecule has 1 saturated carbocycles. The summed E-state index contributed by atoms with van der Waals surface area (Å²) in [5, 5.41) is 3.15. The molecule has 0 bridgehead atoms. The largest absolute Gasteiger partial charge is 0.327 e. The lowest BCUT2D eigenvalue weighted by atomic mass is 10.1. The predicted octanol–water partition coefficient (Wildman–Crippen LogP) is 4.48. The van der Waals surface area contributed by atoms with Gasteiger partial charge < -0.3 is 5.32 Å². The van der Waals surface area contributed by atoms with Gasteiger partial charge in [0.15, 0.2) is 9.34 Å². The number of benzene rings is 2. The van der Waals surface area contributed by atoms with Crippen LogP contribution in [0.15, 0.2) is 58.8 Å². The van der Waals surface area contributed by atoms with E-state index >= 15 is 0 Å². The normalized spacial score (nSPS) is 13.7. The lowest BCUT2D eigenvalue weighted by Crippen LogP contribution is -2.31. The Balaban J connectivity index is 1.43. The first-order valence-electron chi connectivity index (χ1n) is 10.0. The second-order valence-corrected chi connectivity index (χ2v) is 10.5. The molecule has 1 fully saturated rings. The van der Waals surface area contributed by atoms with E-state index in [9.17, 15) is 13.2 Å². The molecule has 2 amide bonds. The average molecular weight is 457 g/mol. The van der Waals surface area contributed by atoms with Crippen molar-refractivity contribution in [1.29, 1.82) is 0 Å². The van der Waals surface area contributed by atoms with Crippen LogP contribution in [0.5, 0.6) is 0 Å². The van der Waals surface area contributed by atoms with Crippen LogP contribution in [0, 0.1) is 12.8 Å². The van der Waals surface area contributed by atoms with Crippen LogP contribution < -0.4 is 14.9 Å². The van der Waals surface area contributed by atoms with Crippen molar-refractivity contribution in [1.82, 2.24) is 9.71 Å². The van der Waals surface area contributed by atoms with Crippen LogP contribution in [0.4, 0.5) is 15.6 Å². The molecule has 0 atom stereocenters. The maximum atomic E-state index is 12.7. The molecule has 1 aliphatic rings. The van der Waals surface area contributed by atoms with Gasteiger partial charge in [0.2, 0.25) is 0 Å². The molecule has 162 valence electrons. The predicted molar refractivity (Wildman–Crippen MR) is 124 cm³/mol. The first-order valence-corrected chi connectivity index (χ1v) is 12.3. The van der Waals surface area contributed by atoms with Gasteiger partial charge in [0.1, 0.15) is 0 Å². The third kappa shape index (κ3) is 5.12. The number of hydrogen-bond acceptors (Lipinski definition) is 5. The summed E-state index contributed by atoms with van der Waals surface area (Å²) in [7, 11) is -2.06. The van der Waals surface area contributed by atoms with Crippen molar-refractivity contribution in [3.63, 3.8) is 0 Å². The summed E-state index contributed by atoms with van der Waals surface area (Å²) in [6.07, 6.45) is 2.12. The Labute approximate surface area is 186 Å². The van der Waals surface area contributed by atoms with Gasteiger partial charge in [-0.3, -0.25) is 4.90 Å². The van der Waals surface area contributed by atoms with E-state index in [0.29, 0.717) is 29.0 Å². The lowest BCUT2D eigenvalue weighted by Gasteiger charge is -2.15. The Bertz CT molecular complexity index is 1170. The highest BCUT2D eigenvalue weighted by Gasteiger charge is 2.28. The number of anilines is 2. The first-order chi connectivity index (χ1) is 14.8. The van der Waals surface area contributed by atoms with Crippen molar-refractivity contribution < 1.29 is 13.2 Å². The van der Waals surface area contributed by atoms with Gasteiger partial charge in [-0.05, 0) is 48.9 Å². The Morgan fingerprint density at radius 2 is 1.74 bits per heavy atom. The molecule has 7 nitrogen and oxygen atoms in total. The summed E-state index contributed by atoms with van der Waals surface area (Å²) < 4.78 is 27.9. The summed E-state index contributed by atoms with van der Waals surface area (Å²) in [6, 6.07) is 17.1. The third-order valence-electron chi connectivity index (χ3n) is 5.08. The number of nitrogens with zero attached hydrogens (tertiary/aromatic N) is 2. The summed E-state index contributed by atoms with van der Waals surface area (Å²) in [6.45, 7) is 2.09. The Kier molecular flexibility index (Phi) is 6.08. The van der Waals surface area contributed by atoms with Gasteiger partial charge >= 0.3 is 6.03 Å². The molecule has 0 radical (unpaired) electrons. The Morgan fingerprint density at radius 3 is 2.39 bits per heavy atom. The summed E-state index contributed by atoms with van der Waals surface area (Å²) in [5.74, 6) is 0.434. The van der Waals surface area contributed by atoms with Crippen LogP contribution in [0.3, 0.4) is 0 Å². The molecule has 31 heavy (non-hydrogen) atoms. The van der Waals surface area contributed by atoms with Crippen LogP contribution in [-0.2, 0) is 10.0 Å². The molecule has 0 saturated heterocycles. The molecule has 4 rings (SSSR count). The topological polar surface area (TPSA) is 91.4 Å². The van der Waals surface area contributed by atoms with Gasteiger partial charge in [-0.25, -0.2) is 22.9 Å². The number of hydrogen-bond donors (Lipinski definition) is 2. The van der Waals surface area contributed by atoms with Gasteiger partial charge in [0, 0.05) is 19.3 Å². The van der Waals surface area contributed by atoms with E-state index in [4.69, 9.17) is 0 Å². The third-order valence-corrected chi connectivity index (χ3v) is 8.35. The number of urea groups is 1. The van der Waals surface area contributed by atoms with Crippen molar-refractivity contribution in [3.05, 3.63) is 60.3 Å². The molecule has 0 aliphatic heterocycles. The van der Waals surface area contributed by atoms with Crippen molar-refractivity contribution in [2.75, 3.05) is 23.8 Å². The second kappa shape index (κ2) is 8.78. The zero-order chi connectivity index (χ0) is 22.0. The smallest absolute Gasteiger partial charge is 0.307 e. The van der Waals surface area contributed by atoms with Crippen LogP contribution >= 0.6 is 11.3 Å². The lowest BCUT2D eigenvalue weighted by molar-refractivity contribution is 0.258. The zero-order valence-electron chi connectivity index (χ0n) is 17.3. The first kappa shape index (κ1) is 21.5. The molecule has 9 heteroatoms. The van der Waals surface area contributed by atoms with E-state index in [1.165, 1.54) is 4.90 Å². The van der Waals surface area contributed by atoms with Crippen LogP contribution in [0.2, 0.25) is 0 Å². The van der Waals surface area contributed by atoms with Gasteiger partial charge in [-0.1, -0.05) is 53.8 Å². The molecule has 2 N–H and O–H groups in total. The van der Waals surface area contributed by atoms with Gasteiger partial charge in [0.25, 0.3) is 10.0 Å². The summed E-state index contributed by atoms with van der Waals surface area (Å²) >= 11 is 0.989. The Hall–Kier alpha value is -2.75. The quantitative estimate of drug-likeness (QED) is 0.549. The SMILES string of the molecule is Cc1nc(N(C)C(=O)Nc2ccc(-c3ccccc3)cc2)sc1S(=O)(=O)NCC1CC1. The molecular weight excluding hydrogens is 432 g/mol. The van der Waals surface area contributed by atoms with Crippen LogP contribution in [0.25, 0.3) is 11.1 Å². The van der Waals surface area contributed by atoms with Crippen molar-refractivity contribution >= 4 is 38.2 Å². The number of sulfonamides is 1. The van der Waals surface area contributed by atoms with E-state index in [1.54, 1.807) is 14.0 Å². The molecule has 3 aromatic rings. The summed E-state index contributed by atoms with van der Waals surface area (Å²) in [4.78, 5) is 18.3. The Morgan fingerprint density at radius 1 is 1.10 bits per heavy atom. The van der Waals surface area contributed by atoms with E-state index in [1.807, 2.05) is 54.6 Å². The molecule has 1 aliphatic carbocycles. The number of amides is 2. The number of thiazole rings is 1. The number of nitrogens with one attached hydrogen (secondary N) is 2. The van der Waals surface area contributed by atoms with Crippen molar-refractivity contribution in [3.8, 4) is 11.1 Å². The number of rotatable bonds is 7. The van der Waals surface area contributed by atoms with E-state index in [2.05, 4.69) is 15.0 Å². The number of aromatic nitrogens is 1. The van der Waals surface area contributed by atoms with Gasteiger partial charge in [0.05, 0.1) is 5.69 Å². The number of aryl methyl sites for hydroxylation is 1. The monoisotopic (exact) mass is 456 g/mol. The van der Waals surface area contributed by atoms with Crippen LogP contribution in [-0.4, -0.2) is 33.0 Å². The van der Waals surface area contributed by atoms with E-state index in [-0.39, 0.29) is 4.21 Å². The molecular formula is C22H24N4O3S2. The highest BCUT2D eigenvalue weighted by atomic mass is 32.2. The molecule has 2 aromatic carbocycles. The number of carbonyl (C=O) groups is 1. The fourth-order valence-electron chi connectivity index (χ4n) is 3.05. The maximum Gasteiger partial charge on any atom is 0.327 e. The minimum Gasteiger partial charge on any atom is -0.307 e. The van der Waals surface area contributed by atoms with Crippen molar-refractivity contribution in [2.45, 2.75) is 24.0 Å². The van der Waals surface area contributed by atoms with E-state index in [0.717, 1.165) is 35.3 Å². The fraction of sp³-hybridized carbons (Fsp3) is 0.273. The molecule has 0 spiro atoms. The van der Waals surface area contributed by atoms with Crippen molar-refractivity contribution in [2.24, 2.45) is 5.92 Å². The van der Waals surface area contributed by atoms with Crippen LogP contribution in [0.1, 0.15) is 18.5 Å². The standard InChI is InChI=1S/C22H24N4O3S2/c1-15-20(31(28,29)23-14-16-8-9-16)30-22(24-15)26(2)21(27)25-19-12-10-18(11-13-19)17-6-4-3-5-7-17/h3-7,10-13,16,23H,8-9,14H2,1-2H3,(H,25,27). The van der Waals surface area contributed by atoms with Gasteiger partial charge in [-0.2, -0.15) is 0 Å². The zero-order valence-corrected chi connectivity index (χ0v) is 19.0. The average Bonchev–Trinajstić information content (AvgIpc) is 3.52. The van der Waals surface area contributed by atoms with Gasteiger partial charge in [-0.15, -0.1) is 0 Å². The molecule has 0 unspecified atom stereocenters. The minimum atomic E-state index is -3.63. The maximum absolute atomic E-state index is 12.7. The number of carbonyl (C=O) groups excluding carboxylic acids is 1. The second-order valence-electron chi connectivity index (χ2n) is 7.60. The summed E-state index contributed by atoms with van der Waals surface area (Å²) in [5.41, 5.74) is 3.18. The molecule has 1 aromatic heterocycles. The fourth-order valence-corrected chi connectivity index (χ4v) is 5.67. The van der Waals surface area contributed by atoms with E-state index < -0.39 is 16.1 Å².